The van der Waals surface area contributed by atoms with Crippen molar-refractivity contribution in [2.24, 2.45) is 0 Å². The molecule has 2 fully saturated rings. The van der Waals surface area contributed by atoms with Gasteiger partial charge in [0.05, 0.1) is 13.2 Å². The number of morpholine rings is 1. The van der Waals surface area contributed by atoms with E-state index in [1.165, 1.54) is 0 Å². The fourth-order valence-electron chi connectivity index (χ4n) is 2.97. The Bertz CT molecular complexity index is 586. The van der Waals surface area contributed by atoms with Crippen molar-refractivity contribution in [2.45, 2.75) is 31.8 Å². The zero-order valence-corrected chi connectivity index (χ0v) is 14.3. The molecule has 1 aromatic heterocycles. The first-order chi connectivity index (χ1) is 12.2. The molecule has 8 nitrogen and oxygen atoms in total. The number of rotatable bonds is 4. The van der Waals surface area contributed by atoms with E-state index in [-0.39, 0.29) is 11.9 Å². The molecular formula is C17H25N5O3. The highest BCUT2D eigenvalue weighted by Gasteiger charge is 2.22. The van der Waals surface area contributed by atoms with Crippen molar-refractivity contribution in [1.29, 1.82) is 0 Å². The van der Waals surface area contributed by atoms with E-state index in [1.807, 2.05) is 12.1 Å². The number of aromatic nitrogens is 1. The van der Waals surface area contributed by atoms with Gasteiger partial charge in [-0.1, -0.05) is 6.07 Å². The molecule has 8 heteroatoms. The number of carbonyl (C=O) groups excluding carboxylic acids is 2. The number of urea groups is 1. The Morgan fingerprint density at radius 3 is 2.92 bits per heavy atom. The number of amides is 3. The normalized spacial score (nSPS) is 21.2. The highest BCUT2D eigenvalue weighted by Crippen LogP contribution is 2.13. The molecule has 25 heavy (non-hydrogen) atoms. The van der Waals surface area contributed by atoms with Gasteiger partial charge in [0.1, 0.15) is 11.9 Å². The van der Waals surface area contributed by atoms with Crippen LogP contribution < -0.4 is 20.9 Å². The van der Waals surface area contributed by atoms with Gasteiger partial charge in [0.15, 0.2) is 0 Å². The van der Waals surface area contributed by atoms with Crippen molar-refractivity contribution >= 4 is 17.8 Å². The van der Waals surface area contributed by atoms with Gasteiger partial charge in [0, 0.05) is 32.4 Å². The van der Waals surface area contributed by atoms with Crippen LogP contribution in [0.3, 0.4) is 0 Å². The van der Waals surface area contributed by atoms with Crippen molar-refractivity contribution in [1.82, 2.24) is 20.9 Å². The second-order valence-corrected chi connectivity index (χ2v) is 6.29. The average Bonchev–Trinajstić information content (AvgIpc) is 2.86. The molecule has 0 spiro atoms. The summed E-state index contributed by atoms with van der Waals surface area (Å²) in [4.78, 5) is 30.5. The molecule has 1 atom stereocenters. The zero-order valence-electron chi connectivity index (χ0n) is 14.3. The number of anilines is 1. The fourth-order valence-corrected chi connectivity index (χ4v) is 2.97. The van der Waals surface area contributed by atoms with Crippen molar-refractivity contribution in [3.05, 3.63) is 23.9 Å². The third kappa shape index (κ3) is 5.06. The fraction of sp³-hybridized carbons (Fsp3) is 0.588. The van der Waals surface area contributed by atoms with E-state index in [0.717, 1.165) is 50.5 Å². The molecule has 0 aliphatic carbocycles. The maximum atomic E-state index is 12.0. The Morgan fingerprint density at radius 1 is 1.32 bits per heavy atom. The SMILES string of the molecule is O=C(NCc1ccc(N2CCOCC2)nc1)NC1CCCCNC1=O. The Hall–Kier alpha value is -2.35. The minimum Gasteiger partial charge on any atom is -0.378 e. The molecule has 3 N–H and O–H groups in total. The van der Waals surface area contributed by atoms with Crippen LogP contribution >= 0.6 is 0 Å². The second kappa shape index (κ2) is 8.66. The van der Waals surface area contributed by atoms with Gasteiger partial charge in [0.2, 0.25) is 5.91 Å². The van der Waals surface area contributed by atoms with E-state index in [2.05, 4.69) is 25.8 Å². The van der Waals surface area contributed by atoms with Crippen LogP contribution in [0.2, 0.25) is 0 Å². The smallest absolute Gasteiger partial charge is 0.315 e. The standard InChI is InChI=1S/C17H25N5O3/c23-16-14(3-1-2-6-18-16)21-17(24)20-12-13-4-5-15(19-11-13)22-7-9-25-10-8-22/h4-5,11,14H,1-3,6-10,12H2,(H,18,23)(H2,20,21,24). The molecule has 2 saturated heterocycles. The lowest BCUT2D eigenvalue weighted by Gasteiger charge is -2.27. The van der Waals surface area contributed by atoms with Crippen LogP contribution in [0.4, 0.5) is 10.6 Å². The van der Waals surface area contributed by atoms with E-state index >= 15 is 0 Å². The van der Waals surface area contributed by atoms with E-state index in [4.69, 9.17) is 4.74 Å². The number of nitrogens with zero attached hydrogens (tertiary/aromatic N) is 2. The minimum absolute atomic E-state index is 0.107. The summed E-state index contributed by atoms with van der Waals surface area (Å²) >= 11 is 0. The molecule has 1 aromatic rings. The van der Waals surface area contributed by atoms with Crippen molar-refractivity contribution in [3.8, 4) is 0 Å². The molecule has 2 aliphatic rings. The van der Waals surface area contributed by atoms with Crippen LogP contribution in [0.1, 0.15) is 24.8 Å². The van der Waals surface area contributed by atoms with Gasteiger partial charge in [-0.2, -0.15) is 0 Å². The number of nitrogens with one attached hydrogen (secondary N) is 3. The highest BCUT2D eigenvalue weighted by molar-refractivity contribution is 5.87. The summed E-state index contributed by atoms with van der Waals surface area (Å²) in [6.07, 6.45) is 4.32. The Morgan fingerprint density at radius 2 is 2.16 bits per heavy atom. The molecule has 2 aliphatic heterocycles. The van der Waals surface area contributed by atoms with Gasteiger partial charge in [0.25, 0.3) is 0 Å². The van der Waals surface area contributed by atoms with Gasteiger partial charge in [-0.05, 0) is 30.9 Å². The lowest BCUT2D eigenvalue weighted by Crippen LogP contribution is -2.48. The van der Waals surface area contributed by atoms with Crippen LogP contribution in [0.25, 0.3) is 0 Å². The summed E-state index contributed by atoms with van der Waals surface area (Å²) in [5.74, 6) is 0.816. The van der Waals surface area contributed by atoms with E-state index in [0.29, 0.717) is 19.5 Å². The van der Waals surface area contributed by atoms with E-state index in [9.17, 15) is 9.59 Å². The summed E-state index contributed by atoms with van der Waals surface area (Å²) in [7, 11) is 0. The maximum absolute atomic E-state index is 12.0. The van der Waals surface area contributed by atoms with Gasteiger partial charge in [-0.25, -0.2) is 9.78 Å². The van der Waals surface area contributed by atoms with Crippen LogP contribution in [0.5, 0.6) is 0 Å². The van der Waals surface area contributed by atoms with Crippen molar-refractivity contribution < 1.29 is 14.3 Å². The highest BCUT2D eigenvalue weighted by atomic mass is 16.5. The number of hydrogen-bond acceptors (Lipinski definition) is 5. The summed E-state index contributed by atoms with van der Waals surface area (Å²) in [5.41, 5.74) is 0.914. The molecule has 0 aromatic carbocycles. The molecule has 3 amide bonds. The van der Waals surface area contributed by atoms with Crippen molar-refractivity contribution in [2.75, 3.05) is 37.7 Å². The molecule has 3 rings (SSSR count). The first-order valence-electron chi connectivity index (χ1n) is 8.82. The summed E-state index contributed by atoms with van der Waals surface area (Å²) < 4.78 is 5.34. The molecular weight excluding hydrogens is 322 g/mol. The second-order valence-electron chi connectivity index (χ2n) is 6.29. The van der Waals surface area contributed by atoms with Crippen LogP contribution in [0, 0.1) is 0 Å². The topological polar surface area (TPSA) is 95.6 Å². The largest absolute Gasteiger partial charge is 0.378 e. The van der Waals surface area contributed by atoms with Gasteiger partial charge < -0.3 is 25.6 Å². The third-order valence-electron chi connectivity index (χ3n) is 4.44. The summed E-state index contributed by atoms with van der Waals surface area (Å²) in [6.45, 7) is 4.18. The summed E-state index contributed by atoms with van der Waals surface area (Å²) in [5, 5.41) is 8.33. The number of ether oxygens (including phenoxy) is 1. The number of carbonyl (C=O) groups is 2. The molecule has 3 heterocycles. The third-order valence-corrected chi connectivity index (χ3v) is 4.44. The Kier molecular flexibility index (Phi) is 6.05. The van der Waals surface area contributed by atoms with Gasteiger partial charge >= 0.3 is 6.03 Å². The number of hydrogen-bond donors (Lipinski definition) is 3. The van der Waals surface area contributed by atoms with Gasteiger partial charge in [-0.3, -0.25) is 4.79 Å². The molecule has 1 unspecified atom stereocenters. The number of pyridine rings is 1. The molecule has 0 bridgehead atoms. The minimum atomic E-state index is -0.454. The molecule has 0 radical (unpaired) electrons. The molecule has 0 saturated carbocycles. The predicted molar refractivity (Wildman–Crippen MR) is 93.3 cm³/mol. The maximum Gasteiger partial charge on any atom is 0.315 e. The Balaban J connectivity index is 1.46. The molecule has 136 valence electrons. The zero-order chi connectivity index (χ0) is 17.5. The lowest BCUT2D eigenvalue weighted by molar-refractivity contribution is -0.122. The summed E-state index contributed by atoms with van der Waals surface area (Å²) in [6, 6.07) is 3.12. The lowest BCUT2D eigenvalue weighted by atomic mass is 10.1. The monoisotopic (exact) mass is 347 g/mol. The quantitative estimate of drug-likeness (QED) is 0.732. The first-order valence-corrected chi connectivity index (χ1v) is 8.82. The van der Waals surface area contributed by atoms with E-state index < -0.39 is 6.04 Å². The van der Waals surface area contributed by atoms with Crippen LogP contribution in [0.15, 0.2) is 18.3 Å². The van der Waals surface area contributed by atoms with E-state index in [1.54, 1.807) is 6.20 Å². The average molecular weight is 347 g/mol. The van der Waals surface area contributed by atoms with Gasteiger partial charge in [-0.15, -0.1) is 0 Å². The first kappa shape index (κ1) is 17.5. The van der Waals surface area contributed by atoms with Crippen molar-refractivity contribution in [3.63, 3.8) is 0 Å². The Labute approximate surface area is 147 Å². The van der Waals surface area contributed by atoms with Crippen LogP contribution in [-0.4, -0.2) is 55.8 Å². The van der Waals surface area contributed by atoms with Crippen LogP contribution in [-0.2, 0) is 16.1 Å². The predicted octanol–water partition coefficient (Wildman–Crippen LogP) is 0.386.